The zero-order valence-corrected chi connectivity index (χ0v) is 21.7. The van der Waals surface area contributed by atoms with Crippen LogP contribution in [0.5, 0.6) is 11.5 Å². The number of aromatic amines is 1. The third-order valence-electron chi connectivity index (χ3n) is 6.82. The molecule has 1 unspecified atom stereocenters. The minimum Gasteiger partial charge on any atom is -0.508 e. The van der Waals surface area contributed by atoms with Crippen LogP contribution in [0.2, 0.25) is 0 Å². The highest BCUT2D eigenvalue weighted by molar-refractivity contribution is 5.87. The number of nitrogens with one attached hydrogen (secondary N) is 1. The number of aromatic hydroxyl groups is 1. The van der Waals surface area contributed by atoms with Crippen LogP contribution in [0.1, 0.15) is 28.4 Å². The maximum atomic E-state index is 12.2. The summed E-state index contributed by atoms with van der Waals surface area (Å²) in [7, 11) is 0. The number of rotatable bonds is 11. The predicted molar refractivity (Wildman–Crippen MR) is 154 cm³/mol. The second-order valence-electron chi connectivity index (χ2n) is 9.69. The highest BCUT2D eigenvalue weighted by Crippen LogP contribution is 2.31. The Morgan fingerprint density at radius 2 is 1.46 bits per heavy atom. The van der Waals surface area contributed by atoms with Crippen LogP contribution in [0.3, 0.4) is 0 Å². The monoisotopic (exact) mass is 520 g/mol. The van der Waals surface area contributed by atoms with E-state index < -0.39 is 6.10 Å². The summed E-state index contributed by atoms with van der Waals surface area (Å²) < 4.78 is 6.07. The minimum atomic E-state index is -0.787. The third-order valence-corrected chi connectivity index (χ3v) is 6.82. The second kappa shape index (κ2) is 12.4. The van der Waals surface area contributed by atoms with Crippen molar-refractivity contribution in [1.29, 1.82) is 0 Å². The molecule has 5 rings (SSSR count). The number of pyridine rings is 1. The molecule has 5 aromatic rings. The zero-order chi connectivity index (χ0) is 27.0. The van der Waals surface area contributed by atoms with Crippen LogP contribution in [0.4, 0.5) is 0 Å². The van der Waals surface area contributed by atoms with Crippen molar-refractivity contribution in [2.75, 3.05) is 13.1 Å². The van der Waals surface area contributed by atoms with E-state index in [4.69, 9.17) is 4.74 Å². The molecule has 6 heteroatoms. The third kappa shape index (κ3) is 6.93. The fraction of sp³-hybridized carbons (Fsp3) is 0.182. The maximum absolute atomic E-state index is 12.2. The number of aromatic nitrogens is 1. The fourth-order valence-electron chi connectivity index (χ4n) is 4.76. The van der Waals surface area contributed by atoms with Gasteiger partial charge in [-0.25, -0.2) is 0 Å². The van der Waals surface area contributed by atoms with E-state index in [1.165, 1.54) is 6.07 Å². The molecular weight excluding hydrogens is 488 g/mol. The largest absolute Gasteiger partial charge is 0.508 e. The molecule has 0 bridgehead atoms. The lowest BCUT2D eigenvalue weighted by Gasteiger charge is -2.26. The standard InChI is InChI=1S/C33H32N2O4/c36-27-13-11-24(12-14-27)19-20-35(21-25-7-3-1-4-8-25)22-30(37)28-15-17-31(33-29(28)16-18-32(38)34-33)39-23-26-9-5-2-6-10-26/h1-18,30,36-37H,19-23H2,(H,34,38). The Morgan fingerprint density at radius 1 is 0.769 bits per heavy atom. The molecule has 0 radical (unpaired) electrons. The Hall–Kier alpha value is -4.39. The van der Waals surface area contributed by atoms with Gasteiger partial charge in [0.1, 0.15) is 18.1 Å². The minimum absolute atomic E-state index is 0.224. The maximum Gasteiger partial charge on any atom is 0.248 e. The van der Waals surface area contributed by atoms with Gasteiger partial charge in [-0.1, -0.05) is 78.9 Å². The summed E-state index contributed by atoms with van der Waals surface area (Å²) in [6.07, 6.45) is -0.00900. The SMILES string of the molecule is O=c1ccc2c(C(O)CN(CCc3ccc(O)cc3)Cc3ccccc3)ccc(OCc3ccccc3)c2[nH]1. The Bertz CT molecular complexity index is 1550. The van der Waals surface area contributed by atoms with E-state index in [0.29, 0.717) is 31.0 Å². The van der Waals surface area contributed by atoms with E-state index in [9.17, 15) is 15.0 Å². The van der Waals surface area contributed by atoms with Gasteiger partial charge in [0.05, 0.1) is 11.6 Å². The van der Waals surface area contributed by atoms with Crippen LogP contribution in [0, 0.1) is 0 Å². The summed E-state index contributed by atoms with van der Waals surface area (Å²) in [4.78, 5) is 17.4. The molecule has 0 aliphatic rings. The molecule has 0 aliphatic carbocycles. The Morgan fingerprint density at radius 3 is 2.18 bits per heavy atom. The second-order valence-corrected chi connectivity index (χ2v) is 9.69. The molecule has 3 N–H and O–H groups in total. The number of aliphatic hydroxyl groups is 1. The van der Waals surface area contributed by atoms with Crippen molar-refractivity contribution in [3.8, 4) is 11.5 Å². The molecule has 0 saturated carbocycles. The van der Waals surface area contributed by atoms with Crippen molar-refractivity contribution in [1.82, 2.24) is 9.88 Å². The van der Waals surface area contributed by atoms with Crippen LogP contribution < -0.4 is 10.3 Å². The molecule has 6 nitrogen and oxygen atoms in total. The summed E-state index contributed by atoms with van der Waals surface area (Å²) in [5.74, 6) is 0.812. The van der Waals surface area contributed by atoms with E-state index in [1.807, 2.05) is 72.8 Å². The van der Waals surface area contributed by atoms with Gasteiger partial charge in [-0.05, 0) is 52.9 Å². The van der Waals surface area contributed by atoms with Crippen molar-refractivity contribution in [3.63, 3.8) is 0 Å². The number of hydrogen-bond donors (Lipinski definition) is 3. The molecule has 1 atom stereocenters. The van der Waals surface area contributed by atoms with Crippen LogP contribution in [0.25, 0.3) is 10.9 Å². The number of ether oxygens (including phenoxy) is 1. The quantitative estimate of drug-likeness (QED) is 0.211. The molecule has 0 amide bonds. The molecule has 4 aromatic carbocycles. The summed E-state index contributed by atoms with van der Waals surface area (Å²) in [5.41, 5.74) is 4.39. The van der Waals surface area contributed by atoms with Crippen molar-refractivity contribution in [2.24, 2.45) is 0 Å². The topological polar surface area (TPSA) is 85.8 Å². The Balaban J connectivity index is 1.38. The summed E-state index contributed by atoms with van der Waals surface area (Å²) in [5, 5.41) is 21.8. The van der Waals surface area contributed by atoms with Crippen LogP contribution >= 0.6 is 0 Å². The first kappa shape index (κ1) is 26.2. The molecule has 1 heterocycles. The normalized spacial score (nSPS) is 12.1. The van der Waals surface area contributed by atoms with E-state index in [2.05, 4.69) is 22.0 Å². The van der Waals surface area contributed by atoms with Crippen molar-refractivity contribution < 1.29 is 14.9 Å². The van der Waals surface area contributed by atoms with Crippen LogP contribution in [-0.2, 0) is 19.6 Å². The predicted octanol–water partition coefficient (Wildman–Crippen LogP) is 5.59. The zero-order valence-electron chi connectivity index (χ0n) is 21.7. The van der Waals surface area contributed by atoms with E-state index >= 15 is 0 Å². The molecule has 0 fully saturated rings. The van der Waals surface area contributed by atoms with Crippen molar-refractivity contribution in [2.45, 2.75) is 25.7 Å². The number of hydrogen-bond acceptors (Lipinski definition) is 5. The van der Waals surface area contributed by atoms with E-state index in [0.717, 1.165) is 40.6 Å². The van der Waals surface area contributed by atoms with Crippen molar-refractivity contribution in [3.05, 3.63) is 142 Å². The molecule has 1 aromatic heterocycles. The number of aliphatic hydroxyl groups excluding tert-OH is 1. The van der Waals surface area contributed by atoms with Crippen LogP contribution in [-0.4, -0.2) is 33.2 Å². The molecule has 39 heavy (non-hydrogen) atoms. The van der Waals surface area contributed by atoms with Gasteiger partial charge in [-0.2, -0.15) is 0 Å². The van der Waals surface area contributed by atoms with Gasteiger partial charge in [0.25, 0.3) is 0 Å². The number of nitrogens with zero attached hydrogens (tertiary/aromatic N) is 1. The van der Waals surface area contributed by atoms with E-state index in [-0.39, 0.29) is 11.3 Å². The van der Waals surface area contributed by atoms with Gasteiger partial charge in [0, 0.05) is 31.1 Å². The van der Waals surface area contributed by atoms with Gasteiger partial charge in [0.2, 0.25) is 5.56 Å². The highest BCUT2D eigenvalue weighted by atomic mass is 16.5. The summed E-state index contributed by atoms with van der Waals surface area (Å²) in [6, 6.07) is 34.2. The summed E-state index contributed by atoms with van der Waals surface area (Å²) in [6.45, 7) is 2.19. The molecule has 198 valence electrons. The van der Waals surface area contributed by atoms with Crippen molar-refractivity contribution >= 4 is 10.9 Å². The molecule has 0 aliphatic heterocycles. The Kier molecular flexibility index (Phi) is 8.36. The lowest BCUT2D eigenvalue weighted by atomic mass is 10.0. The smallest absolute Gasteiger partial charge is 0.248 e. The number of fused-ring (bicyclic) bond motifs is 1. The fourth-order valence-corrected chi connectivity index (χ4v) is 4.76. The van der Waals surface area contributed by atoms with Crippen LogP contribution in [0.15, 0.2) is 114 Å². The van der Waals surface area contributed by atoms with Gasteiger partial charge >= 0.3 is 0 Å². The lowest BCUT2D eigenvalue weighted by molar-refractivity contribution is 0.110. The lowest BCUT2D eigenvalue weighted by Crippen LogP contribution is -2.30. The van der Waals surface area contributed by atoms with E-state index in [1.54, 1.807) is 18.2 Å². The molecular formula is C33H32N2O4. The first-order chi connectivity index (χ1) is 19.0. The number of H-pyrrole nitrogens is 1. The molecule has 0 spiro atoms. The number of phenolic OH excluding ortho intramolecular Hbond substituents is 1. The number of benzene rings is 4. The first-order valence-corrected chi connectivity index (χ1v) is 13.1. The number of phenols is 1. The Labute approximate surface area is 227 Å². The first-order valence-electron chi connectivity index (χ1n) is 13.1. The molecule has 0 saturated heterocycles. The van der Waals surface area contributed by atoms with Gasteiger partial charge < -0.3 is 19.9 Å². The summed E-state index contributed by atoms with van der Waals surface area (Å²) >= 11 is 0. The van der Waals surface area contributed by atoms with Gasteiger partial charge in [0.15, 0.2) is 0 Å². The highest BCUT2D eigenvalue weighted by Gasteiger charge is 2.19. The van der Waals surface area contributed by atoms with Gasteiger partial charge in [-0.15, -0.1) is 0 Å². The van der Waals surface area contributed by atoms with Gasteiger partial charge in [-0.3, -0.25) is 9.69 Å². The average Bonchev–Trinajstić information content (AvgIpc) is 2.96. The average molecular weight is 521 g/mol.